The normalized spacial score (nSPS) is 22.7. The van der Waals surface area contributed by atoms with Gasteiger partial charge in [-0.2, -0.15) is 0 Å². The van der Waals surface area contributed by atoms with Crippen molar-refractivity contribution in [3.63, 3.8) is 0 Å². The minimum absolute atomic E-state index is 0.189. The Morgan fingerprint density at radius 2 is 1.91 bits per heavy atom. The van der Waals surface area contributed by atoms with Crippen molar-refractivity contribution in [2.45, 2.75) is 70.7 Å². The summed E-state index contributed by atoms with van der Waals surface area (Å²) in [6.45, 7) is 7.82. The molecule has 2 unspecified atom stereocenters. The number of rotatable bonds is 4. The summed E-state index contributed by atoms with van der Waals surface area (Å²) >= 11 is 3.61. The zero-order chi connectivity index (χ0) is 17.0. The molecule has 1 aromatic carbocycles. The van der Waals surface area contributed by atoms with Crippen LogP contribution >= 0.6 is 15.9 Å². The van der Waals surface area contributed by atoms with Crippen LogP contribution in [0.15, 0.2) is 28.7 Å². The minimum Gasteiger partial charge on any atom is -0.444 e. The molecule has 1 aliphatic carbocycles. The van der Waals surface area contributed by atoms with Crippen molar-refractivity contribution in [3.8, 4) is 0 Å². The summed E-state index contributed by atoms with van der Waals surface area (Å²) in [5.74, 6) is 0. The van der Waals surface area contributed by atoms with Gasteiger partial charge in [0.05, 0.1) is 0 Å². The highest BCUT2D eigenvalue weighted by Crippen LogP contribution is 2.26. The van der Waals surface area contributed by atoms with Gasteiger partial charge in [-0.15, -0.1) is 0 Å². The summed E-state index contributed by atoms with van der Waals surface area (Å²) in [6, 6.07) is 9.15. The van der Waals surface area contributed by atoms with Crippen LogP contribution in [-0.4, -0.2) is 23.8 Å². The third-order valence-corrected chi connectivity index (χ3v) is 4.73. The van der Waals surface area contributed by atoms with Crippen LogP contribution in [0.4, 0.5) is 4.79 Å². The summed E-state index contributed by atoms with van der Waals surface area (Å²) in [6.07, 6.45) is 2.67. The molecule has 4 nitrogen and oxygen atoms in total. The first-order valence-corrected chi connectivity index (χ1v) is 9.04. The molecule has 23 heavy (non-hydrogen) atoms. The Kier molecular flexibility index (Phi) is 6.09. The Bertz CT molecular complexity index is 542. The molecule has 0 aromatic heterocycles. The Hall–Kier alpha value is -1.07. The second-order valence-corrected chi connectivity index (χ2v) is 8.12. The summed E-state index contributed by atoms with van der Waals surface area (Å²) in [7, 11) is 0. The molecular formula is C18H27BrN2O2. The van der Waals surface area contributed by atoms with E-state index in [0.717, 1.165) is 23.7 Å². The van der Waals surface area contributed by atoms with E-state index < -0.39 is 5.60 Å². The summed E-state index contributed by atoms with van der Waals surface area (Å²) in [4.78, 5) is 11.8. The third-order valence-electron chi connectivity index (χ3n) is 4.01. The van der Waals surface area contributed by atoms with Crippen molar-refractivity contribution in [2.75, 3.05) is 0 Å². The molecule has 5 heteroatoms. The second-order valence-electron chi connectivity index (χ2n) is 7.26. The highest BCUT2D eigenvalue weighted by molar-refractivity contribution is 9.10. The molecule has 0 radical (unpaired) electrons. The number of halogens is 1. The first-order chi connectivity index (χ1) is 10.7. The quantitative estimate of drug-likeness (QED) is 0.802. The average molecular weight is 383 g/mol. The first-order valence-electron chi connectivity index (χ1n) is 8.24. The van der Waals surface area contributed by atoms with E-state index in [4.69, 9.17) is 4.74 Å². The maximum atomic E-state index is 11.8. The Balaban J connectivity index is 1.81. The zero-order valence-corrected chi connectivity index (χ0v) is 15.9. The molecule has 128 valence electrons. The molecule has 2 rings (SSSR count). The van der Waals surface area contributed by atoms with Crippen molar-refractivity contribution in [3.05, 3.63) is 34.3 Å². The smallest absolute Gasteiger partial charge is 0.407 e. The van der Waals surface area contributed by atoms with Gasteiger partial charge in [-0.1, -0.05) is 34.1 Å². The lowest BCUT2D eigenvalue weighted by atomic mass is 10.1. The highest BCUT2D eigenvalue weighted by Gasteiger charge is 2.28. The standard InChI is InChI=1S/C18H27BrN2O2/c1-12(15-7-5-6-8-16(15)19)20-13-9-10-14(11-13)21-17(22)23-18(2,3)4/h5-8,12-14,20H,9-11H2,1-4H3,(H,21,22)/t12-,13?,14?/m1/s1. The number of hydrogen-bond donors (Lipinski definition) is 2. The number of hydrogen-bond acceptors (Lipinski definition) is 3. The number of carbonyl (C=O) groups excluding carboxylic acids is 1. The zero-order valence-electron chi connectivity index (χ0n) is 14.4. The minimum atomic E-state index is -0.450. The van der Waals surface area contributed by atoms with E-state index in [-0.39, 0.29) is 18.2 Å². The molecule has 0 bridgehead atoms. The van der Waals surface area contributed by atoms with Gasteiger partial charge in [0.15, 0.2) is 0 Å². The van der Waals surface area contributed by atoms with Crippen LogP contribution in [0.3, 0.4) is 0 Å². The third kappa shape index (κ3) is 5.81. The molecule has 1 saturated carbocycles. The van der Waals surface area contributed by atoms with Crippen LogP contribution in [0, 0.1) is 0 Å². The van der Waals surface area contributed by atoms with Crippen LogP contribution in [0.1, 0.15) is 58.6 Å². The molecule has 1 aliphatic rings. The fourth-order valence-electron chi connectivity index (χ4n) is 3.01. The van der Waals surface area contributed by atoms with Gasteiger partial charge in [0.1, 0.15) is 5.60 Å². The van der Waals surface area contributed by atoms with E-state index in [1.165, 1.54) is 5.56 Å². The molecular weight excluding hydrogens is 356 g/mol. The average Bonchev–Trinajstić information content (AvgIpc) is 2.83. The van der Waals surface area contributed by atoms with Gasteiger partial charge in [0.25, 0.3) is 0 Å². The predicted octanol–water partition coefficient (Wildman–Crippen LogP) is 4.55. The van der Waals surface area contributed by atoms with E-state index in [9.17, 15) is 4.79 Å². The van der Waals surface area contributed by atoms with E-state index in [1.807, 2.05) is 26.8 Å². The number of ether oxygens (including phenoxy) is 1. The number of benzene rings is 1. The van der Waals surface area contributed by atoms with Crippen molar-refractivity contribution in [1.82, 2.24) is 10.6 Å². The van der Waals surface area contributed by atoms with Crippen LogP contribution in [-0.2, 0) is 4.74 Å². The SMILES string of the molecule is C[C@@H](NC1CCC(NC(=O)OC(C)(C)C)C1)c1ccccc1Br. The van der Waals surface area contributed by atoms with E-state index in [0.29, 0.717) is 6.04 Å². The number of nitrogens with one attached hydrogen (secondary N) is 2. The number of alkyl carbamates (subject to hydrolysis) is 1. The molecule has 0 saturated heterocycles. The summed E-state index contributed by atoms with van der Waals surface area (Å²) in [5, 5.41) is 6.64. The van der Waals surface area contributed by atoms with Gasteiger partial charge in [-0.25, -0.2) is 4.79 Å². The van der Waals surface area contributed by atoms with Gasteiger partial charge < -0.3 is 15.4 Å². The van der Waals surface area contributed by atoms with Crippen molar-refractivity contribution >= 4 is 22.0 Å². The molecule has 0 spiro atoms. The monoisotopic (exact) mass is 382 g/mol. The van der Waals surface area contributed by atoms with E-state index in [2.05, 4.69) is 51.7 Å². The van der Waals surface area contributed by atoms with Crippen molar-refractivity contribution < 1.29 is 9.53 Å². The second kappa shape index (κ2) is 7.67. The predicted molar refractivity (Wildman–Crippen MR) is 96.5 cm³/mol. The van der Waals surface area contributed by atoms with Crippen LogP contribution < -0.4 is 10.6 Å². The molecule has 1 amide bonds. The molecule has 3 atom stereocenters. The molecule has 1 fully saturated rings. The Morgan fingerprint density at radius 3 is 2.57 bits per heavy atom. The largest absolute Gasteiger partial charge is 0.444 e. The first kappa shape index (κ1) is 18.3. The number of amides is 1. The van der Waals surface area contributed by atoms with Gasteiger partial charge >= 0.3 is 6.09 Å². The maximum absolute atomic E-state index is 11.8. The topological polar surface area (TPSA) is 50.4 Å². The van der Waals surface area contributed by atoms with E-state index in [1.54, 1.807) is 0 Å². The Labute approximate surface area is 147 Å². The molecule has 2 N–H and O–H groups in total. The van der Waals surface area contributed by atoms with Gasteiger partial charge in [-0.05, 0) is 58.6 Å². The van der Waals surface area contributed by atoms with Crippen LogP contribution in [0.2, 0.25) is 0 Å². The summed E-state index contributed by atoms with van der Waals surface area (Å²) in [5.41, 5.74) is 0.810. The lowest BCUT2D eigenvalue weighted by Crippen LogP contribution is -2.39. The molecule has 1 aromatic rings. The lowest BCUT2D eigenvalue weighted by molar-refractivity contribution is 0.0505. The van der Waals surface area contributed by atoms with Crippen molar-refractivity contribution in [2.24, 2.45) is 0 Å². The fraction of sp³-hybridized carbons (Fsp3) is 0.611. The Morgan fingerprint density at radius 1 is 1.26 bits per heavy atom. The van der Waals surface area contributed by atoms with E-state index >= 15 is 0 Å². The highest BCUT2D eigenvalue weighted by atomic mass is 79.9. The van der Waals surface area contributed by atoms with Gasteiger partial charge in [0.2, 0.25) is 0 Å². The van der Waals surface area contributed by atoms with Gasteiger partial charge in [-0.3, -0.25) is 0 Å². The van der Waals surface area contributed by atoms with Gasteiger partial charge in [0, 0.05) is 22.6 Å². The molecule has 0 aliphatic heterocycles. The maximum Gasteiger partial charge on any atom is 0.407 e. The molecule has 0 heterocycles. The van der Waals surface area contributed by atoms with Crippen LogP contribution in [0.25, 0.3) is 0 Å². The summed E-state index contributed by atoms with van der Waals surface area (Å²) < 4.78 is 6.45. The lowest BCUT2D eigenvalue weighted by Gasteiger charge is -2.23. The number of carbonyl (C=O) groups is 1. The van der Waals surface area contributed by atoms with Crippen LogP contribution in [0.5, 0.6) is 0 Å². The fourth-order valence-corrected chi connectivity index (χ4v) is 3.64. The van der Waals surface area contributed by atoms with Crippen molar-refractivity contribution in [1.29, 1.82) is 0 Å².